The molecular weight excluding hydrogens is 286 g/mol. The number of aromatic nitrogens is 1. The largest absolute Gasteiger partial charge is 0.481 e. The Bertz CT molecular complexity index is 843. The van der Waals surface area contributed by atoms with E-state index in [0.29, 0.717) is 12.4 Å². The van der Waals surface area contributed by atoms with Gasteiger partial charge in [-0.1, -0.05) is 36.4 Å². The summed E-state index contributed by atoms with van der Waals surface area (Å²) in [5, 5.41) is 2.39. The normalized spacial score (nSPS) is 13.7. The van der Waals surface area contributed by atoms with Crippen molar-refractivity contribution in [3.8, 4) is 17.1 Å². The number of hydrogen-bond donors (Lipinski definition) is 2. The first kappa shape index (κ1) is 15.5. The van der Waals surface area contributed by atoms with E-state index in [0.717, 1.165) is 16.8 Å². The summed E-state index contributed by atoms with van der Waals surface area (Å²) in [6.45, 7) is 2.20. The Kier molecular flexibility index (Phi) is 4.03. The number of nitrogens with zero attached hydrogens (tertiary/aromatic N) is 1. The SMILES string of the molecule is COc1nc(-c2ccc3ccccc3c2)ccc1C(C)(N)CN. The Morgan fingerprint density at radius 1 is 1.04 bits per heavy atom. The summed E-state index contributed by atoms with van der Waals surface area (Å²) in [5.74, 6) is 0.520. The summed E-state index contributed by atoms with van der Waals surface area (Å²) >= 11 is 0. The summed E-state index contributed by atoms with van der Waals surface area (Å²) in [6.07, 6.45) is 0. The molecule has 1 unspecified atom stereocenters. The van der Waals surface area contributed by atoms with E-state index in [2.05, 4.69) is 35.3 Å². The van der Waals surface area contributed by atoms with Gasteiger partial charge in [0.25, 0.3) is 0 Å². The lowest BCUT2D eigenvalue weighted by atomic mass is 9.93. The predicted octanol–water partition coefficient (Wildman–Crippen LogP) is 3.04. The van der Waals surface area contributed by atoms with Crippen molar-refractivity contribution in [1.82, 2.24) is 4.98 Å². The van der Waals surface area contributed by atoms with E-state index in [1.54, 1.807) is 7.11 Å². The third kappa shape index (κ3) is 2.91. The topological polar surface area (TPSA) is 74.2 Å². The maximum Gasteiger partial charge on any atom is 0.218 e. The molecule has 0 saturated heterocycles. The lowest BCUT2D eigenvalue weighted by Crippen LogP contribution is -2.41. The molecule has 0 aliphatic rings. The fourth-order valence-corrected chi connectivity index (χ4v) is 2.65. The van der Waals surface area contributed by atoms with Crippen molar-refractivity contribution >= 4 is 10.8 Å². The summed E-state index contributed by atoms with van der Waals surface area (Å²) < 4.78 is 5.44. The first-order valence-electron chi connectivity index (χ1n) is 7.59. The van der Waals surface area contributed by atoms with Crippen molar-refractivity contribution in [1.29, 1.82) is 0 Å². The van der Waals surface area contributed by atoms with Crippen LogP contribution in [0, 0.1) is 0 Å². The molecule has 4 N–H and O–H groups in total. The average Bonchev–Trinajstić information content (AvgIpc) is 2.60. The van der Waals surface area contributed by atoms with Crippen LogP contribution in [0.3, 0.4) is 0 Å². The molecule has 2 aromatic carbocycles. The Hall–Kier alpha value is -2.43. The van der Waals surface area contributed by atoms with Gasteiger partial charge in [0.15, 0.2) is 0 Å². The minimum atomic E-state index is -0.666. The van der Waals surface area contributed by atoms with Gasteiger partial charge in [0, 0.05) is 17.7 Å². The highest BCUT2D eigenvalue weighted by Gasteiger charge is 2.24. The van der Waals surface area contributed by atoms with Gasteiger partial charge in [-0.05, 0) is 35.9 Å². The molecule has 1 atom stereocenters. The van der Waals surface area contributed by atoms with Gasteiger partial charge in [-0.15, -0.1) is 0 Å². The summed E-state index contributed by atoms with van der Waals surface area (Å²) in [7, 11) is 1.60. The molecule has 118 valence electrons. The van der Waals surface area contributed by atoms with E-state index in [1.807, 2.05) is 31.2 Å². The van der Waals surface area contributed by atoms with Crippen LogP contribution < -0.4 is 16.2 Å². The van der Waals surface area contributed by atoms with Gasteiger partial charge in [-0.3, -0.25) is 0 Å². The van der Waals surface area contributed by atoms with Gasteiger partial charge < -0.3 is 16.2 Å². The number of fused-ring (bicyclic) bond motifs is 1. The van der Waals surface area contributed by atoms with Crippen molar-refractivity contribution in [2.45, 2.75) is 12.5 Å². The number of pyridine rings is 1. The van der Waals surface area contributed by atoms with Crippen molar-refractivity contribution in [2.75, 3.05) is 13.7 Å². The van der Waals surface area contributed by atoms with Crippen molar-refractivity contribution in [2.24, 2.45) is 11.5 Å². The maximum atomic E-state index is 6.23. The van der Waals surface area contributed by atoms with Crippen LogP contribution in [-0.4, -0.2) is 18.6 Å². The molecule has 0 radical (unpaired) electrons. The van der Waals surface area contributed by atoms with Crippen LogP contribution in [0.4, 0.5) is 0 Å². The van der Waals surface area contributed by atoms with Gasteiger partial charge in [0.1, 0.15) is 0 Å². The number of hydrogen-bond acceptors (Lipinski definition) is 4. The monoisotopic (exact) mass is 307 g/mol. The first-order valence-corrected chi connectivity index (χ1v) is 7.59. The lowest BCUT2D eigenvalue weighted by Gasteiger charge is -2.24. The standard InChI is InChI=1S/C19H21N3O/c1-19(21,12-20)16-9-10-17(22-18(16)23-2)15-8-7-13-5-3-4-6-14(13)11-15/h3-11H,12,20-21H2,1-2H3. The van der Waals surface area contributed by atoms with E-state index < -0.39 is 5.54 Å². The third-order valence-electron chi connectivity index (χ3n) is 4.14. The summed E-state index contributed by atoms with van der Waals surface area (Å²) in [6, 6.07) is 18.5. The Morgan fingerprint density at radius 3 is 2.48 bits per heavy atom. The van der Waals surface area contributed by atoms with E-state index in [-0.39, 0.29) is 0 Å². The molecule has 3 rings (SSSR count). The van der Waals surface area contributed by atoms with Crippen LogP contribution in [0.1, 0.15) is 12.5 Å². The van der Waals surface area contributed by atoms with E-state index in [9.17, 15) is 0 Å². The Morgan fingerprint density at radius 2 is 1.78 bits per heavy atom. The second kappa shape index (κ2) is 5.99. The second-order valence-electron chi connectivity index (χ2n) is 5.94. The third-order valence-corrected chi connectivity index (χ3v) is 4.14. The minimum Gasteiger partial charge on any atom is -0.481 e. The predicted molar refractivity (Wildman–Crippen MR) is 94.3 cm³/mol. The van der Waals surface area contributed by atoms with E-state index >= 15 is 0 Å². The zero-order chi connectivity index (χ0) is 16.4. The summed E-state index contributed by atoms with van der Waals surface area (Å²) in [4.78, 5) is 4.62. The van der Waals surface area contributed by atoms with E-state index in [1.165, 1.54) is 10.8 Å². The second-order valence-corrected chi connectivity index (χ2v) is 5.94. The van der Waals surface area contributed by atoms with Crippen LogP contribution >= 0.6 is 0 Å². The van der Waals surface area contributed by atoms with Gasteiger partial charge in [0.05, 0.1) is 18.3 Å². The van der Waals surface area contributed by atoms with Crippen LogP contribution in [0.5, 0.6) is 5.88 Å². The first-order chi connectivity index (χ1) is 11.0. The van der Waals surface area contributed by atoms with Crippen LogP contribution in [0.25, 0.3) is 22.0 Å². The number of rotatable bonds is 4. The zero-order valence-corrected chi connectivity index (χ0v) is 13.4. The fraction of sp³-hybridized carbons (Fsp3) is 0.211. The van der Waals surface area contributed by atoms with Crippen LogP contribution in [-0.2, 0) is 5.54 Å². The molecule has 23 heavy (non-hydrogen) atoms. The fourth-order valence-electron chi connectivity index (χ4n) is 2.65. The molecule has 0 amide bonds. The summed E-state index contributed by atoms with van der Waals surface area (Å²) in [5.41, 5.74) is 14.0. The lowest BCUT2D eigenvalue weighted by molar-refractivity contribution is 0.374. The smallest absolute Gasteiger partial charge is 0.218 e. The van der Waals surface area contributed by atoms with Crippen molar-refractivity contribution in [3.63, 3.8) is 0 Å². The quantitative estimate of drug-likeness (QED) is 0.777. The maximum absolute atomic E-state index is 6.23. The van der Waals surface area contributed by atoms with Gasteiger partial charge in [0.2, 0.25) is 5.88 Å². The van der Waals surface area contributed by atoms with Crippen molar-refractivity contribution in [3.05, 3.63) is 60.2 Å². The number of methoxy groups -OCH3 is 1. The molecule has 0 fully saturated rings. The average molecular weight is 307 g/mol. The molecule has 4 heteroatoms. The van der Waals surface area contributed by atoms with Crippen LogP contribution in [0.2, 0.25) is 0 Å². The zero-order valence-electron chi connectivity index (χ0n) is 13.4. The van der Waals surface area contributed by atoms with Gasteiger partial charge in [-0.2, -0.15) is 0 Å². The molecule has 0 aliphatic carbocycles. The number of nitrogens with two attached hydrogens (primary N) is 2. The Labute approximate surface area is 136 Å². The molecule has 0 saturated carbocycles. The molecule has 1 heterocycles. The number of benzene rings is 2. The minimum absolute atomic E-state index is 0.320. The Balaban J connectivity index is 2.08. The molecule has 3 aromatic rings. The van der Waals surface area contributed by atoms with Gasteiger partial charge >= 0.3 is 0 Å². The van der Waals surface area contributed by atoms with Gasteiger partial charge in [-0.25, -0.2) is 4.98 Å². The molecule has 0 spiro atoms. The highest BCUT2D eigenvalue weighted by molar-refractivity contribution is 5.86. The van der Waals surface area contributed by atoms with E-state index in [4.69, 9.17) is 16.2 Å². The molecule has 1 aromatic heterocycles. The van der Waals surface area contributed by atoms with Crippen molar-refractivity contribution < 1.29 is 4.74 Å². The molecular formula is C19H21N3O. The number of ether oxygens (including phenoxy) is 1. The highest BCUT2D eigenvalue weighted by Crippen LogP contribution is 2.30. The molecule has 0 aliphatic heterocycles. The van der Waals surface area contributed by atoms with Crippen LogP contribution in [0.15, 0.2) is 54.6 Å². The highest BCUT2D eigenvalue weighted by atomic mass is 16.5. The molecule has 0 bridgehead atoms. The molecule has 4 nitrogen and oxygen atoms in total.